The van der Waals surface area contributed by atoms with E-state index in [-0.39, 0.29) is 24.7 Å². The molecule has 3 aromatic rings. The van der Waals surface area contributed by atoms with Crippen molar-refractivity contribution in [3.63, 3.8) is 0 Å². The standard InChI is InChI=1S/C27H20BrClN2O7/c1-2-35-23-11-16(10-20(28)24(23)36-13-15-3-5-17(29)6-4-15)9-19-25(32)30-27(34)31(26(19)33)18-7-8-21-22(12-18)38-14-37-21/h3-12H,2,13-14H2,1H3,(H,30,32,34)/b19-9+. The van der Waals surface area contributed by atoms with E-state index in [0.717, 1.165) is 10.5 Å². The summed E-state index contributed by atoms with van der Waals surface area (Å²) < 4.78 is 23.0. The van der Waals surface area contributed by atoms with Crippen molar-refractivity contribution in [1.29, 1.82) is 0 Å². The fraction of sp³-hybridized carbons (Fsp3) is 0.148. The number of ether oxygens (including phenoxy) is 4. The molecule has 3 aromatic carbocycles. The van der Waals surface area contributed by atoms with Crippen LogP contribution in [0.3, 0.4) is 0 Å². The third-order valence-electron chi connectivity index (χ3n) is 5.66. The minimum Gasteiger partial charge on any atom is -0.490 e. The zero-order valence-corrected chi connectivity index (χ0v) is 22.3. The molecule has 2 aliphatic rings. The number of fused-ring (bicyclic) bond motifs is 1. The molecule has 1 fully saturated rings. The fourth-order valence-electron chi connectivity index (χ4n) is 3.89. The van der Waals surface area contributed by atoms with Gasteiger partial charge in [0, 0.05) is 11.1 Å². The highest BCUT2D eigenvalue weighted by Crippen LogP contribution is 2.39. The molecule has 4 amide bonds. The van der Waals surface area contributed by atoms with Crippen LogP contribution in [0.15, 0.2) is 64.6 Å². The van der Waals surface area contributed by atoms with Gasteiger partial charge in [-0.25, -0.2) is 9.69 Å². The lowest BCUT2D eigenvalue weighted by Crippen LogP contribution is -2.54. The number of benzene rings is 3. The molecule has 0 radical (unpaired) electrons. The van der Waals surface area contributed by atoms with E-state index in [0.29, 0.717) is 44.7 Å². The maximum atomic E-state index is 13.3. The highest BCUT2D eigenvalue weighted by molar-refractivity contribution is 9.10. The Bertz CT molecular complexity index is 1470. The van der Waals surface area contributed by atoms with Gasteiger partial charge in [-0.1, -0.05) is 23.7 Å². The molecule has 2 heterocycles. The summed E-state index contributed by atoms with van der Waals surface area (Å²) in [5.41, 5.74) is 1.40. The molecule has 1 saturated heterocycles. The van der Waals surface area contributed by atoms with Crippen LogP contribution in [0.25, 0.3) is 6.08 Å². The maximum absolute atomic E-state index is 13.3. The summed E-state index contributed by atoms with van der Waals surface area (Å²) in [5, 5.41) is 2.84. The Kier molecular flexibility index (Phi) is 7.26. The van der Waals surface area contributed by atoms with E-state index in [2.05, 4.69) is 21.2 Å². The number of carbonyl (C=O) groups excluding carboxylic acids is 3. The smallest absolute Gasteiger partial charge is 0.335 e. The first-order valence-corrected chi connectivity index (χ1v) is 12.7. The molecular formula is C27H20BrClN2O7. The van der Waals surface area contributed by atoms with Gasteiger partial charge < -0.3 is 18.9 Å². The van der Waals surface area contributed by atoms with Gasteiger partial charge in [0.1, 0.15) is 12.2 Å². The van der Waals surface area contributed by atoms with Crippen molar-refractivity contribution in [3.8, 4) is 23.0 Å². The Morgan fingerprint density at radius 3 is 2.55 bits per heavy atom. The van der Waals surface area contributed by atoms with Crippen LogP contribution in [0.2, 0.25) is 5.02 Å². The SMILES string of the molecule is CCOc1cc(/C=C2\C(=O)NC(=O)N(c3ccc4c(c3)OCO4)C2=O)cc(Br)c1OCc1ccc(Cl)cc1. The Hall–Kier alpha value is -4.02. The minimum absolute atomic E-state index is 0.0407. The quantitative estimate of drug-likeness (QED) is 0.284. The molecule has 5 rings (SSSR count). The van der Waals surface area contributed by atoms with Crippen molar-refractivity contribution >= 4 is 57.1 Å². The van der Waals surface area contributed by atoms with Crippen molar-refractivity contribution in [1.82, 2.24) is 5.32 Å². The molecular weight excluding hydrogens is 580 g/mol. The number of imide groups is 2. The van der Waals surface area contributed by atoms with Gasteiger partial charge in [0.05, 0.1) is 16.8 Å². The van der Waals surface area contributed by atoms with E-state index in [4.69, 9.17) is 30.5 Å². The summed E-state index contributed by atoms with van der Waals surface area (Å²) in [5.74, 6) is 0.168. The number of halogens is 2. The molecule has 0 unspecified atom stereocenters. The molecule has 38 heavy (non-hydrogen) atoms. The average molecular weight is 600 g/mol. The highest BCUT2D eigenvalue weighted by Gasteiger charge is 2.37. The first-order valence-electron chi connectivity index (χ1n) is 11.5. The van der Waals surface area contributed by atoms with Gasteiger partial charge in [0.2, 0.25) is 6.79 Å². The number of nitrogens with zero attached hydrogens (tertiary/aromatic N) is 1. The van der Waals surface area contributed by atoms with Crippen LogP contribution < -0.4 is 29.2 Å². The summed E-state index contributed by atoms with van der Waals surface area (Å²) in [7, 11) is 0. The normalized spacial score (nSPS) is 15.6. The van der Waals surface area contributed by atoms with Crippen molar-refractivity contribution in [3.05, 3.63) is 80.8 Å². The van der Waals surface area contributed by atoms with Crippen LogP contribution >= 0.6 is 27.5 Å². The number of urea groups is 1. The fourth-order valence-corrected chi connectivity index (χ4v) is 4.59. The summed E-state index contributed by atoms with van der Waals surface area (Å²) in [4.78, 5) is 39.4. The molecule has 1 N–H and O–H groups in total. The van der Waals surface area contributed by atoms with Gasteiger partial charge >= 0.3 is 6.03 Å². The van der Waals surface area contributed by atoms with Crippen molar-refractivity contribution in [2.75, 3.05) is 18.3 Å². The Balaban J connectivity index is 1.44. The summed E-state index contributed by atoms with van der Waals surface area (Å²) in [6.45, 7) is 2.49. The van der Waals surface area contributed by atoms with Crippen LogP contribution in [0.1, 0.15) is 18.1 Å². The predicted molar refractivity (Wildman–Crippen MR) is 143 cm³/mol. The topological polar surface area (TPSA) is 103 Å². The second-order valence-electron chi connectivity index (χ2n) is 8.17. The summed E-state index contributed by atoms with van der Waals surface area (Å²) in [6.07, 6.45) is 1.39. The summed E-state index contributed by atoms with van der Waals surface area (Å²) in [6, 6.07) is 14.4. The van der Waals surface area contributed by atoms with E-state index in [1.54, 1.807) is 30.3 Å². The van der Waals surface area contributed by atoms with E-state index >= 15 is 0 Å². The lowest BCUT2D eigenvalue weighted by molar-refractivity contribution is -0.122. The van der Waals surface area contributed by atoms with E-state index in [1.165, 1.54) is 18.2 Å². The number of barbiturate groups is 1. The first kappa shape index (κ1) is 25.6. The van der Waals surface area contributed by atoms with Crippen molar-refractivity contribution < 1.29 is 33.3 Å². The summed E-state index contributed by atoms with van der Waals surface area (Å²) >= 11 is 9.46. The monoisotopic (exact) mass is 598 g/mol. The largest absolute Gasteiger partial charge is 0.490 e. The van der Waals surface area contributed by atoms with Gasteiger partial charge in [-0.15, -0.1) is 0 Å². The average Bonchev–Trinajstić information content (AvgIpc) is 3.35. The first-order chi connectivity index (χ1) is 18.3. The molecule has 194 valence electrons. The Morgan fingerprint density at radius 1 is 1.03 bits per heavy atom. The predicted octanol–water partition coefficient (Wildman–Crippen LogP) is 5.48. The maximum Gasteiger partial charge on any atom is 0.335 e. The number of carbonyl (C=O) groups is 3. The van der Waals surface area contributed by atoms with Crippen LogP contribution in [0.4, 0.5) is 10.5 Å². The highest BCUT2D eigenvalue weighted by atomic mass is 79.9. The third-order valence-corrected chi connectivity index (χ3v) is 6.50. The van der Waals surface area contributed by atoms with Gasteiger partial charge in [0.15, 0.2) is 23.0 Å². The minimum atomic E-state index is -0.863. The van der Waals surface area contributed by atoms with Gasteiger partial charge in [-0.3, -0.25) is 14.9 Å². The lowest BCUT2D eigenvalue weighted by atomic mass is 10.1. The third kappa shape index (κ3) is 5.18. The van der Waals surface area contributed by atoms with Gasteiger partial charge in [0.25, 0.3) is 11.8 Å². The number of nitrogens with one attached hydrogen (secondary N) is 1. The number of amides is 4. The Labute approximate surface area is 231 Å². The zero-order valence-electron chi connectivity index (χ0n) is 20.0. The molecule has 0 atom stereocenters. The van der Waals surface area contributed by atoms with Crippen LogP contribution in [0.5, 0.6) is 23.0 Å². The van der Waals surface area contributed by atoms with E-state index < -0.39 is 17.8 Å². The molecule has 9 nitrogen and oxygen atoms in total. The molecule has 0 aliphatic carbocycles. The Morgan fingerprint density at radius 2 is 1.79 bits per heavy atom. The molecule has 0 aromatic heterocycles. The van der Waals surface area contributed by atoms with Crippen molar-refractivity contribution in [2.24, 2.45) is 0 Å². The number of hydrogen-bond acceptors (Lipinski definition) is 7. The molecule has 11 heteroatoms. The molecule has 2 aliphatic heterocycles. The van der Waals surface area contributed by atoms with Gasteiger partial charge in [-0.05, 0) is 76.5 Å². The molecule has 0 spiro atoms. The van der Waals surface area contributed by atoms with Crippen LogP contribution in [-0.4, -0.2) is 31.2 Å². The second kappa shape index (κ2) is 10.8. The number of hydrogen-bond donors (Lipinski definition) is 1. The van der Waals surface area contributed by atoms with E-state index in [9.17, 15) is 14.4 Å². The number of rotatable bonds is 7. The van der Waals surface area contributed by atoms with Crippen LogP contribution in [-0.2, 0) is 16.2 Å². The van der Waals surface area contributed by atoms with Crippen LogP contribution in [0, 0.1) is 0 Å². The second-order valence-corrected chi connectivity index (χ2v) is 9.46. The van der Waals surface area contributed by atoms with Gasteiger partial charge in [-0.2, -0.15) is 0 Å². The lowest BCUT2D eigenvalue weighted by Gasteiger charge is -2.26. The van der Waals surface area contributed by atoms with E-state index in [1.807, 2.05) is 19.1 Å². The zero-order chi connectivity index (χ0) is 26.8. The van der Waals surface area contributed by atoms with Crippen molar-refractivity contribution in [2.45, 2.75) is 13.5 Å². The molecule has 0 saturated carbocycles. The number of anilines is 1. The molecule has 0 bridgehead atoms.